The predicted octanol–water partition coefficient (Wildman–Crippen LogP) is 2.90. The first-order chi connectivity index (χ1) is 9.15. The lowest BCUT2D eigenvalue weighted by Crippen LogP contribution is -1.95. The average Bonchev–Trinajstić information content (AvgIpc) is 2.82. The van der Waals surface area contributed by atoms with Crippen molar-refractivity contribution in [3.05, 3.63) is 47.8 Å². The number of benzene rings is 1. The molecule has 0 aliphatic heterocycles. The molecule has 3 aromatic rings. The normalized spacial score (nSPS) is 10.8. The van der Waals surface area contributed by atoms with Crippen LogP contribution in [-0.4, -0.2) is 21.0 Å². The van der Waals surface area contributed by atoms with Crippen molar-refractivity contribution in [3.63, 3.8) is 0 Å². The fourth-order valence-electron chi connectivity index (χ4n) is 1.91. The third-order valence-electron chi connectivity index (χ3n) is 2.77. The minimum absolute atomic E-state index is 0.108. The van der Waals surface area contributed by atoms with Gasteiger partial charge in [-0.1, -0.05) is 6.07 Å². The Morgan fingerprint density at radius 2 is 2.16 bits per heavy atom. The molecule has 1 aromatic carbocycles. The van der Waals surface area contributed by atoms with Crippen molar-refractivity contribution >= 4 is 17.1 Å². The molecule has 0 atom stereocenters. The molecule has 0 fully saturated rings. The van der Waals surface area contributed by atoms with Gasteiger partial charge >= 0.3 is 5.97 Å². The summed E-state index contributed by atoms with van der Waals surface area (Å²) in [5.74, 6) is -0.657. The summed E-state index contributed by atoms with van der Waals surface area (Å²) in [6.45, 7) is 1.92. The topological polar surface area (TPSA) is 76.2 Å². The van der Waals surface area contributed by atoms with E-state index < -0.39 is 5.97 Å². The number of carboxylic acids is 1. The molecular formula is C14H10N2O3. The van der Waals surface area contributed by atoms with E-state index in [4.69, 9.17) is 9.52 Å². The number of hydrogen-bond acceptors (Lipinski definition) is 4. The lowest BCUT2D eigenvalue weighted by atomic mass is 10.2. The van der Waals surface area contributed by atoms with Crippen LogP contribution in [0.4, 0.5) is 0 Å². The lowest BCUT2D eigenvalue weighted by molar-refractivity contribution is 0.0698. The zero-order valence-electron chi connectivity index (χ0n) is 10.1. The van der Waals surface area contributed by atoms with Crippen LogP contribution in [0.3, 0.4) is 0 Å². The van der Waals surface area contributed by atoms with E-state index in [1.165, 1.54) is 6.07 Å². The van der Waals surface area contributed by atoms with Crippen LogP contribution in [0.1, 0.15) is 15.9 Å². The number of aromatic carboxylic acids is 1. The number of nitrogens with zero attached hydrogens (tertiary/aromatic N) is 2. The van der Waals surface area contributed by atoms with Crippen molar-refractivity contribution in [2.45, 2.75) is 6.92 Å². The second-order valence-corrected chi connectivity index (χ2v) is 4.23. The maximum absolute atomic E-state index is 11.1. The molecule has 5 nitrogen and oxygen atoms in total. The molecule has 5 heteroatoms. The third kappa shape index (κ3) is 1.95. The maximum Gasteiger partial charge on any atom is 0.339 e. The third-order valence-corrected chi connectivity index (χ3v) is 2.77. The van der Waals surface area contributed by atoms with Gasteiger partial charge in [0.2, 0.25) is 5.89 Å². The van der Waals surface area contributed by atoms with E-state index >= 15 is 0 Å². The average molecular weight is 254 g/mol. The molecule has 2 heterocycles. The number of carbonyl (C=O) groups is 1. The maximum atomic E-state index is 11.1. The molecule has 0 saturated heterocycles. The second-order valence-electron chi connectivity index (χ2n) is 4.23. The van der Waals surface area contributed by atoms with Crippen molar-refractivity contribution < 1.29 is 14.3 Å². The Balaban J connectivity index is 2.22. The van der Waals surface area contributed by atoms with Gasteiger partial charge in [-0.05, 0) is 30.7 Å². The van der Waals surface area contributed by atoms with E-state index in [-0.39, 0.29) is 11.1 Å². The minimum Gasteiger partial charge on any atom is -0.478 e. The van der Waals surface area contributed by atoms with Crippen molar-refractivity contribution in [1.29, 1.82) is 0 Å². The molecule has 0 bridgehead atoms. The second kappa shape index (κ2) is 4.20. The summed E-state index contributed by atoms with van der Waals surface area (Å²) in [5, 5.41) is 9.11. The highest BCUT2D eigenvalue weighted by atomic mass is 16.4. The summed E-state index contributed by atoms with van der Waals surface area (Å²) >= 11 is 0. The number of aromatic nitrogens is 2. The van der Waals surface area contributed by atoms with Gasteiger partial charge in [0.1, 0.15) is 11.1 Å². The highest BCUT2D eigenvalue weighted by molar-refractivity contribution is 6.00. The van der Waals surface area contributed by atoms with E-state index in [1.54, 1.807) is 24.5 Å². The zero-order chi connectivity index (χ0) is 13.4. The molecule has 0 aliphatic carbocycles. The van der Waals surface area contributed by atoms with Crippen molar-refractivity contribution in [2.24, 2.45) is 0 Å². The first-order valence-electron chi connectivity index (χ1n) is 5.70. The largest absolute Gasteiger partial charge is 0.478 e. The number of oxazole rings is 1. The Hall–Kier alpha value is -2.69. The number of hydrogen-bond donors (Lipinski definition) is 1. The Morgan fingerprint density at radius 1 is 1.32 bits per heavy atom. The smallest absolute Gasteiger partial charge is 0.339 e. The highest BCUT2D eigenvalue weighted by Gasteiger charge is 2.15. The summed E-state index contributed by atoms with van der Waals surface area (Å²) in [4.78, 5) is 19.5. The van der Waals surface area contributed by atoms with E-state index in [0.717, 1.165) is 11.1 Å². The van der Waals surface area contributed by atoms with Crippen LogP contribution in [0.15, 0.2) is 41.1 Å². The molecule has 19 heavy (non-hydrogen) atoms. The Morgan fingerprint density at radius 3 is 2.89 bits per heavy atom. The molecule has 3 rings (SSSR count). The minimum atomic E-state index is -1.03. The van der Waals surface area contributed by atoms with Gasteiger partial charge in [-0.25, -0.2) is 9.78 Å². The molecule has 94 valence electrons. The standard InChI is InChI=1S/C14H10N2O3/c1-8-5-9(7-15-6-8)13-16-11-4-2-3-10(14(17)18)12(11)19-13/h2-7H,1H3,(H,17,18). The monoisotopic (exact) mass is 254 g/mol. The number of rotatable bonds is 2. The number of para-hydroxylation sites is 1. The van der Waals surface area contributed by atoms with Crippen LogP contribution in [-0.2, 0) is 0 Å². The van der Waals surface area contributed by atoms with Gasteiger partial charge in [0, 0.05) is 12.4 Å². The van der Waals surface area contributed by atoms with Crippen LogP contribution in [0.2, 0.25) is 0 Å². The summed E-state index contributed by atoms with van der Waals surface area (Å²) in [6, 6.07) is 6.75. The van der Waals surface area contributed by atoms with Gasteiger partial charge in [-0.2, -0.15) is 0 Å². The number of pyridine rings is 1. The van der Waals surface area contributed by atoms with Gasteiger partial charge < -0.3 is 9.52 Å². The quantitative estimate of drug-likeness (QED) is 0.760. The molecule has 0 amide bonds. The van der Waals surface area contributed by atoms with E-state index in [2.05, 4.69) is 9.97 Å². The Bertz CT molecular complexity index is 777. The molecular weight excluding hydrogens is 244 g/mol. The zero-order valence-corrected chi connectivity index (χ0v) is 10.1. The van der Waals surface area contributed by atoms with Gasteiger partial charge in [-0.15, -0.1) is 0 Å². The molecule has 0 aliphatic rings. The summed E-state index contributed by atoms with van der Waals surface area (Å²) in [6.07, 6.45) is 3.37. The van der Waals surface area contributed by atoms with Crippen molar-refractivity contribution in [3.8, 4) is 11.5 Å². The van der Waals surface area contributed by atoms with Gasteiger partial charge in [0.15, 0.2) is 5.58 Å². The summed E-state index contributed by atoms with van der Waals surface area (Å²) in [5.41, 5.74) is 2.63. The van der Waals surface area contributed by atoms with Crippen LogP contribution in [0, 0.1) is 6.92 Å². The molecule has 0 saturated carbocycles. The molecule has 2 aromatic heterocycles. The SMILES string of the molecule is Cc1cncc(-c2nc3cccc(C(=O)O)c3o2)c1. The first kappa shape index (κ1) is 11.4. The van der Waals surface area contributed by atoms with Crippen LogP contribution in [0.5, 0.6) is 0 Å². The van der Waals surface area contributed by atoms with Crippen LogP contribution < -0.4 is 0 Å². The van der Waals surface area contributed by atoms with E-state index in [9.17, 15) is 4.79 Å². The highest BCUT2D eigenvalue weighted by Crippen LogP contribution is 2.26. The molecule has 0 radical (unpaired) electrons. The van der Waals surface area contributed by atoms with Gasteiger partial charge in [0.05, 0.1) is 5.56 Å². The van der Waals surface area contributed by atoms with Crippen LogP contribution in [0.25, 0.3) is 22.6 Å². The summed E-state index contributed by atoms with van der Waals surface area (Å²) in [7, 11) is 0. The van der Waals surface area contributed by atoms with E-state index in [0.29, 0.717) is 11.4 Å². The Kier molecular flexibility index (Phi) is 2.52. The Labute approximate surface area is 108 Å². The van der Waals surface area contributed by atoms with Gasteiger partial charge in [-0.3, -0.25) is 4.98 Å². The molecule has 0 unspecified atom stereocenters. The number of aryl methyl sites for hydroxylation is 1. The lowest BCUT2D eigenvalue weighted by Gasteiger charge is -1.95. The fraction of sp³-hybridized carbons (Fsp3) is 0.0714. The van der Waals surface area contributed by atoms with E-state index in [1.807, 2.05) is 13.0 Å². The predicted molar refractivity (Wildman–Crippen MR) is 68.9 cm³/mol. The molecule has 0 spiro atoms. The van der Waals surface area contributed by atoms with Crippen molar-refractivity contribution in [2.75, 3.05) is 0 Å². The van der Waals surface area contributed by atoms with Crippen LogP contribution >= 0.6 is 0 Å². The molecule has 1 N–H and O–H groups in total. The first-order valence-corrected chi connectivity index (χ1v) is 5.70. The number of fused-ring (bicyclic) bond motifs is 1. The fourth-order valence-corrected chi connectivity index (χ4v) is 1.91. The van der Waals surface area contributed by atoms with Crippen molar-refractivity contribution in [1.82, 2.24) is 9.97 Å². The van der Waals surface area contributed by atoms with Gasteiger partial charge in [0.25, 0.3) is 0 Å². The number of carboxylic acid groups (broad SMARTS) is 1. The summed E-state index contributed by atoms with van der Waals surface area (Å²) < 4.78 is 5.57.